The lowest BCUT2D eigenvalue weighted by molar-refractivity contribution is 0.745. The Balaban J connectivity index is 1.07. The van der Waals surface area contributed by atoms with Crippen molar-refractivity contribution in [2.45, 2.75) is 5.41 Å². The van der Waals surface area contributed by atoms with E-state index in [-0.39, 0.29) is 0 Å². The number of hydrogen-bond donors (Lipinski definition) is 0. The quantitative estimate of drug-likeness (QED) is 0.143. The highest BCUT2D eigenvalue weighted by atomic mass is 15.1. The summed E-state index contributed by atoms with van der Waals surface area (Å²) in [5.74, 6) is 1.41. The minimum absolute atomic E-state index is 0.581. The molecule has 9 aromatic carbocycles. The van der Waals surface area contributed by atoms with Crippen LogP contribution < -0.4 is 0 Å². The highest BCUT2D eigenvalue weighted by Gasteiger charge is 2.38. The van der Waals surface area contributed by atoms with Gasteiger partial charge >= 0.3 is 0 Å². The fraction of sp³-hybridized carbons (Fsp3) is 0.0167. The molecule has 0 atom stereocenters. The van der Waals surface area contributed by atoms with Crippen LogP contribution in [-0.4, -0.2) is 19.1 Å². The molecule has 12 aromatic rings. The van der Waals surface area contributed by atoms with Crippen molar-refractivity contribution in [1.29, 1.82) is 5.26 Å². The molecule has 0 aliphatic heterocycles. The highest BCUT2D eigenvalue weighted by molar-refractivity contribution is 6.10. The summed E-state index contributed by atoms with van der Waals surface area (Å²) in [5, 5.41) is 14.3. The van der Waals surface area contributed by atoms with Gasteiger partial charge in [0.25, 0.3) is 0 Å². The number of nitrogens with zero attached hydrogens (tertiary/aromatic N) is 5. The molecule has 3 aromatic heterocycles. The van der Waals surface area contributed by atoms with Crippen LogP contribution in [0.2, 0.25) is 0 Å². The lowest BCUT2D eigenvalue weighted by Crippen LogP contribution is -2.30. The van der Waals surface area contributed by atoms with E-state index in [4.69, 9.17) is 9.97 Å². The van der Waals surface area contributed by atoms with E-state index >= 15 is 0 Å². The minimum atomic E-state index is -0.581. The second-order valence-electron chi connectivity index (χ2n) is 16.5. The monoisotopic (exact) mass is 829 g/mol. The summed E-state index contributed by atoms with van der Waals surface area (Å²) in [6.07, 6.45) is 0. The van der Waals surface area contributed by atoms with Gasteiger partial charge in [0.15, 0.2) is 5.82 Å². The van der Waals surface area contributed by atoms with Crippen molar-refractivity contribution in [1.82, 2.24) is 19.1 Å². The first-order chi connectivity index (χ1) is 32.2. The predicted octanol–water partition coefficient (Wildman–Crippen LogP) is 14.3. The van der Waals surface area contributed by atoms with Gasteiger partial charge in [-0.15, -0.1) is 0 Å². The molecule has 0 radical (unpaired) electrons. The molecule has 0 bridgehead atoms. The zero-order chi connectivity index (χ0) is 43.3. The van der Waals surface area contributed by atoms with Crippen LogP contribution in [-0.2, 0) is 5.41 Å². The highest BCUT2D eigenvalue weighted by Crippen LogP contribution is 2.46. The van der Waals surface area contributed by atoms with Crippen LogP contribution in [0.15, 0.2) is 237 Å². The van der Waals surface area contributed by atoms with Crippen molar-refractivity contribution in [3.05, 3.63) is 264 Å². The molecule has 0 fully saturated rings. The molecule has 5 nitrogen and oxygen atoms in total. The predicted molar refractivity (Wildman–Crippen MR) is 265 cm³/mol. The Morgan fingerprint density at radius 1 is 0.369 bits per heavy atom. The average molecular weight is 830 g/mol. The first kappa shape index (κ1) is 37.9. The molecular weight excluding hydrogens is 791 g/mol. The third-order valence-corrected chi connectivity index (χ3v) is 12.9. The Morgan fingerprint density at radius 2 is 0.862 bits per heavy atom. The molecule has 0 saturated heterocycles. The van der Waals surface area contributed by atoms with Crippen LogP contribution in [0, 0.1) is 11.3 Å². The molecule has 12 rings (SSSR count). The molecule has 0 spiro atoms. The molecule has 0 amide bonds. The molecule has 0 aliphatic rings. The molecule has 0 unspecified atom stereocenters. The summed E-state index contributed by atoms with van der Waals surface area (Å²) < 4.78 is 4.55. The van der Waals surface area contributed by atoms with Crippen LogP contribution in [0.3, 0.4) is 0 Å². The fourth-order valence-corrected chi connectivity index (χ4v) is 10.1. The Kier molecular flexibility index (Phi) is 9.03. The maximum atomic E-state index is 9.79. The number of benzene rings is 9. The number of nitriles is 1. The van der Waals surface area contributed by atoms with E-state index in [1.54, 1.807) is 0 Å². The van der Waals surface area contributed by atoms with E-state index in [1.165, 1.54) is 27.5 Å². The Hall–Kier alpha value is -8.85. The van der Waals surface area contributed by atoms with Crippen molar-refractivity contribution < 1.29 is 0 Å². The van der Waals surface area contributed by atoms with Crippen LogP contribution in [0.25, 0.3) is 77.8 Å². The second kappa shape index (κ2) is 15.5. The Bertz CT molecular complexity index is 3620. The van der Waals surface area contributed by atoms with E-state index in [9.17, 15) is 5.26 Å². The normalized spacial score (nSPS) is 11.7. The van der Waals surface area contributed by atoms with E-state index < -0.39 is 5.41 Å². The van der Waals surface area contributed by atoms with Crippen molar-refractivity contribution >= 4 is 43.6 Å². The zero-order valence-corrected chi connectivity index (χ0v) is 35.3. The third kappa shape index (κ3) is 6.15. The van der Waals surface area contributed by atoms with Gasteiger partial charge < -0.3 is 4.57 Å². The third-order valence-electron chi connectivity index (χ3n) is 12.9. The molecule has 5 heteroatoms. The number of rotatable bonds is 8. The molecule has 0 saturated carbocycles. The van der Waals surface area contributed by atoms with Gasteiger partial charge in [-0.25, -0.2) is 9.97 Å². The molecule has 304 valence electrons. The molecule has 0 aliphatic carbocycles. The first-order valence-corrected chi connectivity index (χ1v) is 21.9. The number of hydrogen-bond acceptors (Lipinski definition) is 3. The second-order valence-corrected chi connectivity index (χ2v) is 16.5. The van der Waals surface area contributed by atoms with Gasteiger partial charge in [-0.1, -0.05) is 182 Å². The smallest absolute Gasteiger partial charge is 0.162 e. The molecular formula is C60H39N5. The lowest BCUT2D eigenvalue weighted by atomic mass is 9.65. The van der Waals surface area contributed by atoms with Crippen molar-refractivity contribution in [3.8, 4) is 40.2 Å². The topological polar surface area (TPSA) is 59.4 Å². The minimum Gasteiger partial charge on any atom is -0.309 e. The molecule has 3 heterocycles. The largest absolute Gasteiger partial charge is 0.309 e. The van der Waals surface area contributed by atoms with Crippen molar-refractivity contribution in [2.75, 3.05) is 0 Å². The summed E-state index contributed by atoms with van der Waals surface area (Å²) in [6, 6.07) is 85.7. The summed E-state index contributed by atoms with van der Waals surface area (Å²) in [4.78, 5) is 10.8. The Labute approximate surface area is 376 Å². The summed E-state index contributed by atoms with van der Waals surface area (Å²) >= 11 is 0. The zero-order valence-electron chi connectivity index (χ0n) is 35.3. The number of aromatic nitrogens is 4. The Morgan fingerprint density at radius 3 is 1.43 bits per heavy atom. The van der Waals surface area contributed by atoms with Gasteiger partial charge in [0.05, 0.1) is 44.8 Å². The molecule has 65 heavy (non-hydrogen) atoms. The molecule has 0 N–H and O–H groups in total. The number of para-hydroxylation sites is 3. The van der Waals surface area contributed by atoms with E-state index in [1.807, 2.05) is 12.1 Å². The van der Waals surface area contributed by atoms with E-state index in [0.717, 1.165) is 66.7 Å². The fourth-order valence-electron chi connectivity index (χ4n) is 10.1. The maximum absolute atomic E-state index is 9.79. The van der Waals surface area contributed by atoms with Gasteiger partial charge in [0.1, 0.15) is 5.82 Å². The number of fused-ring (bicyclic) bond motifs is 6. The summed E-state index contributed by atoms with van der Waals surface area (Å²) in [5.41, 5.74) is 12.7. The maximum Gasteiger partial charge on any atom is 0.162 e. The van der Waals surface area contributed by atoms with Crippen LogP contribution in [0.4, 0.5) is 0 Å². The van der Waals surface area contributed by atoms with Crippen molar-refractivity contribution in [3.63, 3.8) is 0 Å². The van der Waals surface area contributed by atoms with Crippen LogP contribution in [0.5, 0.6) is 0 Å². The van der Waals surface area contributed by atoms with Gasteiger partial charge in [0, 0.05) is 44.4 Å². The van der Waals surface area contributed by atoms with Crippen molar-refractivity contribution in [2.24, 2.45) is 0 Å². The summed E-state index contributed by atoms with van der Waals surface area (Å²) in [6.45, 7) is 0. The average Bonchev–Trinajstić information content (AvgIpc) is 3.90. The van der Waals surface area contributed by atoms with E-state index in [0.29, 0.717) is 11.4 Å². The van der Waals surface area contributed by atoms with Crippen LogP contribution >= 0.6 is 0 Å². The van der Waals surface area contributed by atoms with Gasteiger partial charge in [-0.05, 0) is 70.8 Å². The lowest BCUT2D eigenvalue weighted by Gasteiger charge is -2.37. The van der Waals surface area contributed by atoms with Crippen LogP contribution in [0.1, 0.15) is 27.8 Å². The van der Waals surface area contributed by atoms with Gasteiger partial charge in [-0.3, -0.25) is 4.57 Å². The summed E-state index contributed by atoms with van der Waals surface area (Å²) in [7, 11) is 0. The SMILES string of the molecule is N#Cc1ccc2c(c1)c1ccccc1n2-c1cccc(-c2cc(-n3c4ccccc4c4ccccc43)nc(-c3ccc(C(c4ccccc4)(c4ccccc4)c4ccccc4)cc3)n2)c1. The first-order valence-electron chi connectivity index (χ1n) is 21.9. The van der Waals surface area contributed by atoms with E-state index in [2.05, 4.69) is 240 Å². The van der Waals surface area contributed by atoms with Gasteiger partial charge in [0.2, 0.25) is 0 Å². The van der Waals surface area contributed by atoms with Gasteiger partial charge in [-0.2, -0.15) is 5.26 Å². The standard InChI is InChI=1S/C60H39N5/c61-40-41-31-36-57-52(37-41)51-27-12-13-28-54(51)64(57)48-24-16-17-43(38-48)53-39-58(65-55-29-14-10-25-49(55)50-26-11-15-30-56(50)65)63-59(62-53)42-32-34-47(35-33-42)60(44-18-4-1-5-19-44,45-20-6-2-7-21-45)46-22-8-3-9-23-46/h1-39H.